The molecule has 13 heteroatoms. The average Bonchev–Trinajstić information content (AvgIpc) is 3.09. The topological polar surface area (TPSA) is 174 Å². The zero-order valence-electron chi connectivity index (χ0n) is 18.6. The van der Waals surface area contributed by atoms with Gasteiger partial charge >= 0.3 is 10.2 Å². The number of hydrogen-bond donors (Lipinski definition) is 4. The number of rotatable bonds is 6. The Morgan fingerprint density at radius 1 is 1.29 bits per heavy atom. The van der Waals surface area contributed by atoms with Gasteiger partial charge in [0.05, 0.1) is 22.5 Å². The molecule has 0 aliphatic carbocycles. The minimum atomic E-state index is -3.90. The molecule has 1 aromatic carbocycles. The molecule has 0 saturated carbocycles. The summed E-state index contributed by atoms with van der Waals surface area (Å²) in [5.41, 5.74) is 6.52. The Hall–Kier alpha value is -4.13. The number of benzene rings is 1. The van der Waals surface area contributed by atoms with Gasteiger partial charge in [-0.25, -0.2) is 4.98 Å². The van der Waals surface area contributed by atoms with E-state index in [1.165, 1.54) is 23.0 Å². The summed E-state index contributed by atoms with van der Waals surface area (Å²) < 4.78 is 36.4. The minimum Gasteiger partial charge on any atom is -0.493 e. The van der Waals surface area contributed by atoms with E-state index in [0.717, 1.165) is 0 Å². The zero-order valence-corrected chi connectivity index (χ0v) is 19.4. The molecule has 4 rings (SSSR count). The van der Waals surface area contributed by atoms with Crippen molar-refractivity contribution in [3.8, 4) is 17.4 Å². The Kier molecular flexibility index (Phi) is 5.65. The van der Waals surface area contributed by atoms with Crippen LogP contribution in [0.15, 0.2) is 47.0 Å². The monoisotopic (exact) mass is 485 g/mol. The smallest absolute Gasteiger partial charge is 0.344 e. The molecule has 0 atom stereocenters. The van der Waals surface area contributed by atoms with Crippen molar-refractivity contribution in [2.24, 2.45) is 10.1 Å². The van der Waals surface area contributed by atoms with Gasteiger partial charge in [-0.15, -0.1) is 4.40 Å². The first-order valence-corrected chi connectivity index (χ1v) is 11.6. The number of hydrogen-bond acceptors (Lipinski definition) is 8. The molecular formula is C21H23N7O5S. The average molecular weight is 486 g/mol. The van der Waals surface area contributed by atoms with E-state index in [1.807, 2.05) is 0 Å². The van der Waals surface area contributed by atoms with E-state index in [2.05, 4.69) is 24.5 Å². The van der Waals surface area contributed by atoms with Gasteiger partial charge < -0.3 is 20.9 Å². The van der Waals surface area contributed by atoms with Crippen molar-refractivity contribution >= 4 is 27.6 Å². The minimum absolute atomic E-state index is 0.0479. The number of carbonyl (C=O) groups is 1. The second kappa shape index (κ2) is 8.33. The molecule has 0 saturated heterocycles. The molecule has 0 bridgehead atoms. The predicted octanol–water partition coefficient (Wildman–Crippen LogP) is 1.24. The van der Waals surface area contributed by atoms with Crippen LogP contribution in [0.2, 0.25) is 0 Å². The van der Waals surface area contributed by atoms with Crippen molar-refractivity contribution in [1.29, 1.82) is 0 Å². The van der Waals surface area contributed by atoms with E-state index in [1.54, 1.807) is 45.0 Å². The maximum Gasteiger partial charge on any atom is 0.344 e. The van der Waals surface area contributed by atoms with Crippen LogP contribution in [-0.4, -0.2) is 52.2 Å². The molecule has 34 heavy (non-hydrogen) atoms. The number of aromatic hydroxyl groups is 1. The van der Waals surface area contributed by atoms with Crippen LogP contribution in [0.25, 0.3) is 5.82 Å². The van der Waals surface area contributed by atoms with Gasteiger partial charge in [0.2, 0.25) is 5.88 Å². The van der Waals surface area contributed by atoms with Crippen molar-refractivity contribution in [2.75, 3.05) is 11.3 Å². The van der Waals surface area contributed by atoms with E-state index in [0.29, 0.717) is 28.4 Å². The normalized spacial score (nSPS) is 14.5. The first-order valence-electron chi connectivity index (χ1n) is 10.1. The summed E-state index contributed by atoms with van der Waals surface area (Å²) in [5, 5.41) is 17.0. The van der Waals surface area contributed by atoms with Gasteiger partial charge in [0.25, 0.3) is 5.91 Å². The standard InChI is InChI=1S/C21H23N7O5S/c1-12-9-17(29)28(25-12)16-10-13(7-8-23-16)20(30)24-21(2,3)11-33-15-6-4-5-14-18(15)19(22)27-34(31,32)26-14/h4-10,26,29H,11H2,1-3H3,(H2,22,27)(H,24,30). The van der Waals surface area contributed by atoms with Crippen molar-refractivity contribution < 1.29 is 23.1 Å². The van der Waals surface area contributed by atoms with Crippen LogP contribution in [0.3, 0.4) is 0 Å². The molecule has 1 aliphatic rings. The number of nitrogens with two attached hydrogens (primary N) is 1. The van der Waals surface area contributed by atoms with Crippen LogP contribution < -0.4 is 20.5 Å². The summed E-state index contributed by atoms with van der Waals surface area (Å²) in [4.78, 5) is 17.1. The number of ether oxygens (including phenoxy) is 1. The van der Waals surface area contributed by atoms with Crippen LogP contribution >= 0.6 is 0 Å². The maximum absolute atomic E-state index is 12.9. The van der Waals surface area contributed by atoms with Gasteiger partial charge in [0.1, 0.15) is 12.4 Å². The van der Waals surface area contributed by atoms with Gasteiger partial charge in [-0.05, 0) is 45.0 Å². The molecule has 178 valence electrons. The summed E-state index contributed by atoms with van der Waals surface area (Å²) in [6, 6.07) is 9.33. The molecule has 1 amide bonds. The van der Waals surface area contributed by atoms with Gasteiger partial charge in [0, 0.05) is 17.8 Å². The highest BCUT2D eigenvalue weighted by molar-refractivity contribution is 7.91. The van der Waals surface area contributed by atoms with Crippen molar-refractivity contribution in [1.82, 2.24) is 20.1 Å². The van der Waals surface area contributed by atoms with Crippen molar-refractivity contribution in [3.63, 3.8) is 0 Å². The fraction of sp³-hybridized carbons (Fsp3) is 0.238. The number of aryl methyl sites for hydroxylation is 1. The van der Waals surface area contributed by atoms with E-state index in [-0.39, 0.29) is 29.9 Å². The number of nitrogens with one attached hydrogen (secondary N) is 2. The number of aromatic nitrogens is 3. The Bertz CT molecular complexity index is 1410. The highest BCUT2D eigenvalue weighted by atomic mass is 32.2. The lowest BCUT2D eigenvalue weighted by Crippen LogP contribution is -2.48. The largest absolute Gasteiger partial charge is 0.493 e. The third-order valence-corrected chi connectivity index (χ3v) is 5.73. The van der Waals surface area contributed by atoms with E-state index < -0.39 is 15.7 Å². The first kappa shape index (κ1) is 23.0. The Balaban J connectivity index is 1.48. The zero-order chi connectivity index (χ0) is 24.7. The number of nitrogens with zero attached hydrogens (tertiary/aromatic N) is 4. The van der Waals surface area contributed by atoms with Gasteiger partial charge in [-0.3, -0.25) is 9.52 Å². The number of anilines is 1. The Morgan fingerprint density at radius 2 is 2.06 bits per heavy atom. The van der Waals surface area contributed by atoms with Crippen LogP contribution in [-0.2, 0) is 10.2 Å². The molecule has 1 aliphatic heterocycles. The molecule has 12 nitrogen and oxygen atoms in total. The number of fused-ring (bicyclic) bond motifs is 1. The summed E-state index contributed by atoms with van der Waals surface area (Å²) in [5.74, 6) is -0.0515. The third-order valence-electron chi connectivity index (χ3n) is 4.82. The SMILES string of the molecule is Cc1cc(O)n(-c2cc(C(=O)NC(C)(C)COc3cccc4c3C(N)=NS(=O)(=O)N4)ccn2)n1. The number of pyridine rings is 1. The molecule has 0 fully saturated rings. The number of amides is 1. The Morgan fingerprint density at radius 3 is 2.76 bits per heavy atom. The quantitative estimate of drug-likeness (QED) is 0.403. The molecule has 3 heterocycles. The first-order chi connectivity index (χ1) is 15.9. The second-order valence-electron chi connectivity index (χ2n) is 8.32. The summed E-state index contributed by atoms with van der Waals surface area (Å²) >= 11 is 0. The third kappa shape index (κ3) is 4.78. The lowest BCUT2D eigenvalue weighted by molar-refractivity contribution is 0.0880. The fourth-order valence-electron chi connectivity index (χ4n) is 3.34. The van der Waals surface area contributed by atoms with Crippen LogP contribution in [0.1, 0.15) is 35.5 Å². The lowest BCUT2D eigenvalue weighted by atomic mass is 10.1. The highest BCUT2D eigenvalue weighted by Crippen LogP contribution is 2.31. The molecule has 5 N–H and O–H groups in total. The molecule has 0 spiro atoms. The fourth-order valence-corrected chi connectivity index (χ4v) is 4.19. The highest BCUT2D eigenvalue weighted by Gasteiger charge is 2.27. The van der Waals surface area contributed by atoms with Crippen molar-refractivity contribution in [2.45, 2.75) is 26.3 Å². The van der Waals surface area contributed by atoms with Gasteiger partial charge in [-0.1, -0.05) is 6.07 Å². The van der Waals surface area contributed by atoms with Crippen LogP contribution in [0.4, 0.5) is 5.69 Å². The maximum atomic E-state index is 12.9. The Labute approximate surface area is 195 Å². The molecule has 2 aromatic heterocycles. The molecule has 0 radical (unpaired) electrons. The van der Waals surface area contributed by atoms with Crippen LogP contribution in [0, 0.1) is 6.92 Å². The van der Waals surface area contributed by atoms with E-state index in [9.17, 15) is 18.3 Å². The van der Waals surface area contributed by atoms with Crippen LogP contribution in [0.5, 0.6) is 11.6 Å². The number of amidine groups is 1. The molecule has 0 unspecified atom stereocenters. The van der Waals surface area contributed by atoms with Gasteiger partial charge in [-0.2, -0.15) is 18.2 Å². The molecular weight excluding hydrogens is 462 g/mol. The summed E-state index contributed by atoms with van der Waals surface area (Å²) in [6.07, 6.45) is 1.45. The van der Waals surface area contributed by atoms with Gasteiger partial charge in [0.15, 0.2) is 11.7 Å². The second-order valence-corrected chi connectivity index (χ2v) is 9.65. The predicted molar refractivity (Wildman–Crippen MR) is 125 cm³/mol. The summed E-state index contributed by atoms with van der Waals surface area (Å²) in [6.45, 7) is 5.32. The lowest BCUT2D eigenvalue weighted by Gasteiger charge is -2.27. The van der Waals surface area contributed by atoms with Crippen molar-refractivity contribution in [3.05, 3.63) is 59.4 Å². The molecule has 3 aromatic rings. The van der Waals surface area contributed by atoms with E-state index in [4.69, 9.17) is 10.5 Å². The van der Waals surface area contributed by atoms with E-state index >= 15 is 0 Å². The number of carbonyl (C=O) groups excluding carboxylic acids is 1. The summed E-state index contributed by atoms with van der Waals surface area (Å²) in [7, 11) is -3.90.